The molecular formula is C17H14BrN4S-. The van der Waals surface area contributed by atoms with Crippen LogP contribution in [0.25, 0.3) is 11.1 Å². The second-order valence-electron chi connectivity index (χ2n) is 5.12. The minimum absolute atomic E-state index is 0. The third-order valence-corrected chi connectivity index (χ3v) is 4.58. The van der Waals surface area contributed by atoms with Crippen molar-refractivity contribution >= 4 is 17.5 Å². The lowest BCUT2D eigenvalue weighted by molar-refractivity contribution is -0.00000449. The van der Waals surface area contributed by atoms with E-state index in [2.05, 4.69) is 63.8 Å². The largest absolute Gasteiger partial charge is 1.00 e. The van der Waals surface area contributed by atoms with E-state index in [9.17, 15) is 0 Å². The van der Waals surface area contributed by atoms with Gasteiger partial charge in [-0.25, -0.2) is 0 Å². The maximum Gasteiger partial charge on any atom is 0.212 e. The smallest absolute Gasteiger partial charge is 0.212 e. The van der Waals surface area contributed by atoms with E-state index in [1.165, 1.54) is 11.1 Å². The molecule has 2 heterocycles. The van der Waals surface area contributed by atoms with Crippen LogP contribution < -0.4 is 17.0 Å². The summed E-state index contributed by atoms with van der Waals surface area (Å²) in [5, 5.41) is 13.7. The van der Waals surface area contributed by atoms with Crippen molar-refractivity contribution in [3.05, 3.63) is 66.0 Å². The third-order valence-electron chi connectivity index (χ3n) is 3.65. The molecule has 2 aromatic carbocycles. The SMILES string of the molecule is Cc1nnc2n1N=C(c1ccc(-c3ccccc3)cc1)CS2.[Br-]. The van der Waals surface area contributed by atoms with Crippen molar-refractivity contribution in [3.8, 4) is 11.1 Å². The van der Waals surface area contributed by atoms with Crippen LogP contribution in [0.2, 0.25) is 0 Å². The first-order chi connectivity index (χ1) is 10.8. The molecule has 0 saturated carbocycles. The van der Waals surface area contributed by atoms with E-state index in [1.807, 2.05) is 17.7 Å². The van der Waals surface area contributed by atoms with Gasteiger partial charge < -0.3 is 17.0 Å². The number of nitrogens with zero attached hydrogens (tertiary/aromatic N) is 4. The van der Waals surface area contributed by atoms with Crippen molar-refractivity contribution in [2.45, 2.75) is 12.1 Å². The Bertz CT molecular complexity index is 841. The van der Waals surface area contributed by atoms with Gasteiger partial charge in [0.25, 0.3) is 0 Å². The Morgan fingerprint density at radius 3 is 2.26 bits per heavy atom. The summed E-state index contributed by atoms with van der Waals surface area (Å²) in [7, 11) is 0. The third kappa shape index (κ3) is 3.09. The molecule has 0 radical (unpaired) electrons. The number of rotatable bonds is 2. The Hall–Kier alpha value is -1.92. The second kappa shape index (κ2) is 6.68. The fourth-order valence-corrected chi connectivity index (χ4v) is 3.34. The molecule has 6 heteroatoms. The predicted octanol–water partition coefficient (Wildman–Crippen LogP) is 0.616. The van der Waals surface area contributed by atoms with Crippen LogP contribution in [0.4, 0.5) is 0 Å². The normalized spacial score (nSPS) is 13.0. The van der Waals surface area contributed by atoms with Crippen LogP contribution in [-0.2, 0) is 0 Å². The Labute approximate surface area is 149 Å². The van der Waals surface area contributed by atoms with Crippen molar-refractivity contribution < 1.29 is 17.0 Å². The van der Waals surface area contributed by atoms with Crippen LogP contribution in [0.5, 0.6) is 0 Å². The van der Waals surface area contributed by atoms with Crippen LogP contribution >= 0.6 is 11.8 Å². The molecule has 0 saturated heterocycles. The zero-order valence-corrected chi connectivity index (χ0v) is 14.9. The number of hydrogen-bond donors (Lipinski definition) is 0. The summed E-state index contributed by atoms with van der Waals surface area (Å²) in [4.78, 5) is 0. The lowest BCUT2D eigenvalue weighted by Crippen LogP contribution is -3.00. The molecule has 0 bridgehead atoms. The molecule has 0 aliphatic carbocycles. The highest BCUT2D eigenvalue weighted by Gasteiger charge is 2.17. The van der Waals surface area contributed by atoms with E-state index >= 15 is 0 Å². The molecule has 0 N–H and O–H groups in total. The molecule has 1 aromatic heterocycles. The lowest BCUT2D eigenvalue weighted by atomic mass is 10.0. The molecule has 0 amide bonds. The first-order valence-electron chi connectivity index (χ1n) is 7.10. The molecule has 23 heavy (non-hydrogen) atoms. The Balaban J connectivity index is 0.00000156. The van der Waals surface area contributed by atoms with Gasteiger partial charge in [-0.1, -0.05) is 66.4 Å². The number of halogens is 1. The summed E-state index contributed by atoms with van der Waals surface area (Å²) in [6.07, 6.45) is 0. The summed E-state index contributed by atoms with van der Waals surface area (Å²) in [6.45, 7) is 1.92. The Kier molecular flexibility index (Phi) is 4.63. The maximum absolute atomic E-state index is 4.67. The van der Waals surface area contributed by atoms with Crippen molar-refractivity contribution in [1.82, 2.24) is 14.9 Å². The van der Waals surface area contributed by atoms with Gasteiger partial charge in [0, 0.05) is 5.75 Å². The van der Waals surface area contributed by atoms with E-state index in [0.29, 0.717) is 0 Å². The van der Waals surface area contributed by atoms with Gasteiger partial charge in [0.15, 0.2) is 5.82 Å². The van der Waals surface area contributed by atoms with Gasteiger partial charge in [0.2, 0.25) is 5.16 Å². The first kappa shape index (κ1) is 16.0. The molecule has 4 rings (SSSR count). The van der Waals surface area contributed by atoms with Gasteiger partial charge in [0.1, 0.15) is 0 Å². The summed E-state index contributed by atoms with van der Waals surface area (Å²) >= 11 is 1.67. The summed E-state index contributed by atoms with van der Waals surface area (Å²) in [6, 6.07) is 18.9. The average Bonchev–Trinajstić information content (AvgIpc) is 2.96. The fourth-order valence-electron chi connectivity index (χ4n) is 2.45. The zero-order valence-electron chi connectivity index (χ0n) is 12.5. The van der Waals surface area contributed by atoms with Gasteiger partial charge in [-0.05, 0) is 23.6 Å². The minimum atomic E-state index is 0. The van der Waals surface area contributed by atoms with E-state index in [4.69, 9.17) is 0 Å². The van der Waals surface area contributed by atoms with E-state index < -0.39 is 0 Å². The van der Waals surface area contributed by atoms with Gasteiger partial charge in [-0.2, -0.15) is 9.78 Å². The molecule has 3 aromatic rings. The highest BCUT2D eigenvalue weighted by molar-refractivity contribution is 7.99. The van der Waals surface area contributed by atoms with E-state index in [1.54, 1.807) is 11.8 Å². The topological polar surface area (TPSA) is 43.1 Å². The highest BCUT2D eigenvalue weighted by Crippen LogP contribution is 2.25. The average molecular weight is 386 g/mol. The monoisotopic (exact) mass is 385 g/mol. The van der Waals surface area contributed by atoms with Gasteiger partial charge in [-0.3, -0.25) is 0 Å². The lowest BCUT2D eigenvalue weighted by Gasteiger charge is -2.13. The van der Waals surface area contributed by atoms with Crippen molar-refractivity contribution in [2.24, 2.45) is 5.10 Å². The van der Waals surface area contributed by atoms with E-state index in [0.717, 1.165) is 28.0 Å². The number of fused-ring (bicyclic) bond motifs is 1. The van der Waals surface area contributed by atoms with Crippen molar-refractivity contribution in [1.29, 1.82) is 0 Å². The quantitative estimate of drug-likeness (QED) is 0.649. The number of benzene rings is 2. The molecule has 1 aliphatic rings. The molecule has 0 fully saturated rings. The van der Waals surface area contributed by atoms with Crippen LogP contribution in [0.1, 0.15) is 11.4 Å². The van der Waals surface area contributed by atoms with Crippen LogP contribution in [0.15, 0.2) is 64.9 Å². The molecule has 0 atom stereocenters. The van der Waals surface area contributed by atoms with Crippen LogP contribution in [0, 0.1) is 6.92 Å². The number of aromatic nitrogens is 3. The molecule has 1 aliphatic heterocycles. The fraction of sp³-hybridized carbons (Fsp3) is 0.118. The van der Waals surface area contributed by atoms with E-state index in [-0.39, 0.29) is 17.0 Å². The molecule has 0 spiro atoms. The highest BCUT2D eigenvalue weighted by atomic mass is 79.9. The van der Waals surface area contributed by atoms with Gasteiger partial charge in [0.05, 0.1) is 5.71 Å². The number of thioether (sulfide) groups is 1. The summed E-state index contributed by atoms with van der Waals surface area (Å²) in [5.74, 6) is 1.64. The Morgan fingerprint density at radius 1 is 0.870 bits per heavy atom. The minimum Gasteiger partial charge on any atom is -1.00 e. The van der Waals surface area contributed by atoms with Gasteiger partial charge >= 0.3 is 0 Å². The van der Waals surface area contributed by atoms with Crippen molar-refractivity contribution in [3.63, 3.8) is 0 Å². The molecule has 4 nitrogen and oxygen atoms in total. The summed E-state index contributed by atoms with van der Waals surface area (Å²) < 4.78 is 1.81. The van der Waals surface area contributed by atoms with Crippen LogP contribution in [-0.4, -0.2) is 26.3 Å². The molecule has 0 unspecified atom stereocenters. The zero-order chi connectivity index (χ0) is 14.9. The molecular weight excluding hydrogens is 372 g/mol. The number of hydrogen-bond acceptors (Lipinski definition) is 4. The second-order valence-corrected chi connectivity index (χ2v) is 6.06. The Morgan fingerprint density at radius 2 is 1.52 bits per heavy atom. The summed E-state index contributed by atoms with van der Waals surface area (Å²) in [5.41, 5.74) is 4.64. The molecule has 116 valence electrons. The standard InChI is InChI=1S/C17H14N4S.BrH/c1-12-18-19-17-21(12)20-16(11-22-17)15-9-7-14(8-10-15)13-5-3-2-4-6-13;/h2-10H,11H2,1H3;1H/p-1. The van der Waals surface area contributed by atoms with Crippen LogP contribution in [0.3, 0.4) is 0 Å². The number of aryl methyl sites for hydroxylation is 1. The van der Waals surface area contributed by atoms with Gasteiger partial charge in [-0.15, -0.1) is 10.2 Å². The maximum atomic E-state index is 4.67. The first-order valence-corrected chi connectivity index (χ1v) is 8.08. The predicted molar refractivity (Wildman–Crippen MR) is 89.3 cm³/mol. The van der Waals surface area contributed by atoms with Crippen molar-refractivity contribution in [2.75, 3.05) is 5.75 Å².